The molecule has 0 unspecified atom stereocenters. The highest BCUT2D eigenvalue weighted by Crippen LogP contribution is 2.42. The second-order valence-electron chi connectivity index (χ2n) is 5.58. The van der Waals surface area contributed by atoms with E-state index >= 15 is 0 Å². The van der Waals surface area contributed by atoms with Gasteiger partial charge in [0.25, 0.3) is 0 Å². The standard InChI is InChI=1S/C15H19FN2O/c1-17(2)15(7-8-15)10-18-9-6-11-13(18)5-4-12(16)14(11)19-3/h4-6,9H,7-8,10H2,1-3H3. The van der Waals surface area contributed by atoms with Crippen LogP contribution in [0.3, 0.4) is 0 Å². The lowest BCUT2D eigenvalue weighted by Crippen LogP contribution is -2.34. The van der Waals surface area contributed by atoms with E-state index in [0.717, 1.165) is 17.4 Å². The Labute approximate surface area is 112 Å². The Bertz CT molecular complexity index is 614. The minimum atomic E-state index is -0.304. The number of rotatable bonds is 4. The second kappa shape index (κ2) is 4.23. The Hall–Kier alpha value is -1.55. The van der Waals surface area contributed by atoms with Crippen LogP contribution >= 0.6 is 0 Å². The van der Waals surface area contributed by atoms with Crippen LogP contribution in [0.25, 0.3) is 10.9 Å². The van der Waals surface area contributed by atoms with Crippen LogP contribution in [-0.2, 0) is 6.54 Å². The van der Waals surface area contributed by atoms with E-state index in [0.29, 0.717) is 5.75 Å². The number of halogens is 1. The van der Waals surface area contributed by atoms with Crippen molar-refractivity contribution in [2.45, 2.75) is 24.9 Å². The second-order valence-corrected chi connectivity index (χ2v) is 5.58. The van der Waals surface area contributed by atoms with E-state index in [1.165, 1.54) is 26.0 Å². The summed E-state index contributed by atoms with van der Waals surface area (Å²) in [6.07, 6.45) is 4.46. The first-order valence-corrected chi connectivity index (χ1v) is 6.56. The summed E-state index contributed by atoms with van der Waals surface area (Å²) in [5.41, 5.74) is 1.31. The van der Waals surface area contributed by atoms with Crippen LogP contribution in [0.5, 0.6) is 5.75 Å². The van der Waals surface area contributed by atoms with Gasteiger partial charge in [0, 0.05) is 23.7 Å². The summed E-state index contributed by atoms with van der Waals surface area (Å²) in [5, 5.41) is 0.844. The van der Waals surface area contributed by atoms with Gasteiger partial charge in [-0.2, -0.15) is 0 Å². The molecule has 19 heavy (non-hydrogen) atoms. The summed E-state index contributed by atoms with van der Waals surface area (Å²) < 4.78 is 21.0. The third kappa shape index (κ3) is 1.91. The topological polar surface area (TPSA) is 17.4 Å². The van der Waals surface area contributed by atoms with Gasteiger partial charge >= 0.3 is 0 Å². The lowest BCUT2D eigenvalue weighted by atomic mass is 10.2. The molecule has 4 heteroatoms. The number of methoxy groups -OCH3 is 1. The Balaban J connectivity index is 2.02. The van der Waals surface area contributed by atoms with Crippen molar-refractivity contribution in [3.8, 4) is 5.75 Å². The zero-order valence-electron chi connectivity index (χ0n) is 11.6. The highest BCUT2D eigenvalue weighted by Gasteiger charge is 2.45. The Morgan fingerprint density at radius 2 is 2.05 bits per heavy atom. The molecular formula is C15H19FN2O. The van der Waals surface area contributed by atoms with Crippen molar-refractivity contribution in [3.63, 3.8) is 0 Å². The maximum atomic E-state index is 13.7. The lowest BCUT2D eigenvalue weighted by molar-refractivity contribution is 0.244. The van der Waals surface area contributed by atoms with Gasteiger partial charge in [-0.25, -0.2) is 4.39 Å². The molecule has 1 aromatic carbocycles. The van der Waals surface area contributed by atoms with E-state index in [4.69, 9.17) is 4.74 Å². The van der Waals surface area contributed by atoms with Crippen molar-refractivity contribution in [2.24, 2.45) is 0 Å². The summed E-state index contributed by atoms with van der Waals surface area (Å²) in [6.45, 7) is 0.943. The molecule has 0 bridgehead atoms. The van der Waals surface area contributed by atoms with Crippen LogP contribution in [0, 0.1) is 5.82 Å². The van der Waals surface area contributed by atoms with Crippen molar-refractivity contribution in [2.75, 3.05) is 21.2 Å². The van der Waals surface area contributed by atoms with Crippen molar-refractivity contribution in [3.05, 3.63) is 30.2 Å². The van der Waals surface area contributed by atoms with Crippen LogP contribution in [0.1, 0.15) is 12.8 Å². The van der Waals surface area contributed by atoms with Crippen molar-refractivity contribution in [1.82, 2.24) is 9.47 Å². The van der Waals surface area contributed by atoms with Gasteiger partial charge in [0.15, 0.2) is 11.6 Å². The van der Waals surface area contributed by atoms with E-state index in [1.807, 2.05) is 18.3 Å². The van der Waals surface area contributed by atoms with E-state index in [-0.39, 0.29) is 11.4 Å². The molecule has 0 atom stereocenters. The third-order valence-corrected chi connectivity index (χ3v) is 4.30. The van der Waals surface area contributed by atoms with Crippen molar-refractivity contribution < 1.29 is 9.13 Å². The maximum absolute atomic E-state index is 13.7. The number of nitrogens with zero attached hydrogens (tertiary/aromatic N) is 2. The Morgan fingerprint density at radius 3 is 2.63 bits per heavy atom. The minimum absolute atomic E-state index is 0.271. The average Bonchev–Trinajstić information content (AvgIpc) is 3.06. The first-order chi connectivity index (χ1) is 9.07. The van der Waals surface area contributed by atoms with Gasteiger partial charge in [-0.1, -0.05) is 0 Å². The number of hydrogen-bond acceptors (Lipinski definition) is 2. The van der Waals surface area contributed by atoms with Gasteiger partial charge in [-0.15, -0.1) is 0 Å². The number of benzene rings is 1. The Kier molecular flexibility index (Phi) is 2.78. The number of aromatic nitrogens is 1. The molecule has 1 fully saturated rings. The quantitative estimate of drug-likeness (QED) is 0.843. The molecule has 0 saturated heterocycles. The zero-order valence-corrected chi connectivity index (χ0v) is 11.6. The van der Waals surface area contributed by atoms with Crippen molar-refractivity contribution >= 4 is 10.9 Å². The molecule has 102 valence electrons. The largest absolute Gasteiger partial charge is 0.493 e. The molecule has 3 nitrogen and oxygen atoms in total. The Morgan fingerprint density at radius 1 is 1.32 bits per heavy atom. The summed E-state index contributed by atoms with van der Waals surface area (Å²) in [5.74, 6) is 0.0347. The van der Waals surface area contributed by atoms with Gasteiger partial charge in [0.2, 0.25) is 0 Å². The van der Waals surface area contributed by atoms with Crippen LogP contribution in [0.4, 0.5) is 4.39 Å². The van der Waals surface area contributed by atoms with Gasteiger partial charge in [-0.3, -0.25) is 0 Å². The zero-order chi connectivity index (χ0) is 13.6. The molecule has 2 aromatic rings. The molecule has 1 aliphatic rings. The van der Waals surface area contributed by atoms with Crippen LogP contribution < -0.4 is 4.74 Å². The molecule has 1 heterocycles. The van der Waals surface area contributed by atoms with Crippen LogP contribution in [0.2, 0.25) is 0 Å². The fraction of sp³-hybridized carbons (Fsp3) is 0.467. The predicted octanol–water partition coefficient (Wildman–Crippen LogP) is 2.88. The van der Waals surface area contributed by atoms with Crippen LogP contribution in [-0.4, -0.2) is 36.2 Å². The van der Waals surface area contributed by atoms with Crippen molar-refractivity contribution in [1.29, 1.82) is 0 Å². The summed E-state index contributed by atoms with van der Waals surface area (Å²) in [6, 6.07) is 5.24. The van der Waals surface area contributed by atoms with Gasteiger partial charge in [0.05, 0.1) is 12.6 Å². The van der Waals surface area contributed by atoms with E-state index in [9.17, 15) is 4.39 Å². The molecule has 3 rings (SSSR count). The number of hydrogen-bond donors (Lipinski definition) is 0. The average molecular weight is 262 g/mol. The van der Waals surface area contributed by atoms with E-state index in [1.54, 1.807) is 0 Å². The first-order valence-electron chi connectivity index (χ1n) is 6.56. The van der Waals surface area contributed by atoms with Gasteiger partial charge in [0.1, 0.15) is 0 Å². The molecular weight excluding hydrogens is 243 g/mol. The van der Waals surface area contributed by atoms with Crippen LogP contribution in [0.15, 0.2) is 24.4 Å². The summed E-state index contributed by atoms with van der Waals surface area (Å²) in [7, 11) is 5.76. The highest BCUT2D eigenvalue weighted by molar-refractivity contribution is 5.86. The SMILES string of the molecule is COc1c(F)ccc2c1ccn2CC1(N(C)C)CC1. The molecule has 0 aliphatic heterocycles. The third-order valence-electron chi connectivity index (χ3n) is 4.30. The van der Waals surface area contributed by atoms with Gasteiger partial charge in [-0.05, 0) is 45.1 Å². The molecule has 1 aromatic heterocycles. The van der Waals surface area contributed by atoms with E-state index < -0.39 is 0 Å². The fourth-order valence-corrected chi connectivity index (χ4v) is 2.77. The molecule has 0 radical (unpaired) electrons. The highest BCUT2D eigenvalue weighted by atomic mass is 19.1. The van der Waals surface area contributed by atoms with E-state index in [2.05, 4.69) is 23.6 Å². The number of ether oxygens (including phenoxy) is 1. The summed E-state index contributed by atoms with van der Waals surface area (Å²) >= 11 is 0. The molecule has 0 N–H and O–H groups in total. The van der Waals surface area contributed by atoms with Gasteiger partial charge < -0.3 is 14.2 Å². The fourth-order valence-electron chi connectivity index (χ4n) is 2.77. The monoisotopic (exact) mass is 262 g/mol. The maximum Gasteiger partial charge on any atom is 0.165 e. The summed E-state index contributed by atoms with van der Waals surface area (Å²) in [4.78, 5) is 2.29. The predicted molar refractivity (Wildman–Crippen MR) is 74.1 cm³/mol. The molecule has 0 spiro atoms. The normalized spacial score (nSPS) is 17.1. The first kappa shape index (κ1) is 12.5. The smallest absolute Gasteiger partial charge is 0.165 e. The molecule has 1 saturated carbocycles. The minimum Gasteiger partial charge on any atom is -0.493 e. The number of fused-ring (bicyclic) bond motifs is 1. The molecule has 0 amide bonds. The lowest BCUT2D eigenvalue weighted by Gasteiger charge is -2.24. The number of likely N-dealkylation sites (N-methyl/N-ethyl adjacent to an activating group) is 1. The molecule has 1 aliphatic carbocycles.